The van der Waals surface area contributed by atoms with Gasteiger partial charge >= 0.3 is 0 Å². The van der Waals surface area contributed by atoms with E-state index < -0.39 is 0 Å². The van der Waals surface area contributed by atoms with Crippen LogP contribution in [0.2, 0.25) is 0 Å². The lowest BCUT2D eigenvalue weighted by molar-refractivity contribution is -0.137. The van der Waals surface area contributed by atoms with E-state index in [0.717, 1.165) is 11.1 Å². The first-order valence-electron chi connectivity index (χ1n) is 11.2. The van der Waals surface area contributed by atoms with Gasteiger partial charge in [-0.3, -0.25) is 14.4 Å². The first-order chi connectivity index (χ1) is 16.0. The van der Waals surface area contributed by atoms with Gasteiger partial charge in [-0.15, -0.1) is 0 Å². The Labute approximate surface area is 193 Å². The zero-order valence-corrected chi connectivity index (χ0v) is 18.8. The van der Waals surface area contributed by atoms with Gasteiger partial charge in [-0.2, -0.15) is 0 Å². The van der Waals surface area contributed by atoms with Crippen LogP contribution in [0.4, 0.5) is 5.69 Å². The fourth-order valence-electron chi connectivity index (χ4n) is 4.04. The summed E-state index contributed by atoms with van der Waals surface area (Å²) in [4.78, 5) is 40.7. The average molecular weight is 452 g/mol. The minimum atomic E-state index is -0.386. The van der Waals surface area contributed by atoms with Gasteiger partial charge < -0.3 is 24.6 Å². The second kappa shape index (κ2) is 10.5. The highest BCUT2D eigenvalue weighted by molar-refractivity contribution is 6.00. The summed E-state index contributed by atoms with van der Waals surface area (Å²) in [6.07, 6.45) is 0.186. The number of carbonyl (C=O) groups excluding carboxylic acids is 3. The molecule has 0 unspecified atom stereocenters. The fraction of sp³-hybridized carbons (Fsp3) is 0.400. The fourth-order valence-corrected chi connectivity index (χ4v) is 4.04. The first-order valence-corrected chi connectivity index (χ1v) is 11.2. The number of morpholine rings is 1. The maximum atomic E-state index is 12.6. The summed E-state index contributed by atoms with van der Waals surface area (Å²) in [5.74, 6) is -0.0994. The van der Waals surface area contributed by atoms with Gasteiger partial charge in [0.15, 0.2) is 6.61 Å². The van der Waals surface area contributed by atoms with Crippen LogP contribution in [0.3, 0.4) is 0 Å². The number of rotatable bonds is 7. The van der Waals surface area contributed by atoms with Crippen molar-refractivity contribution in [3.8, 4) is 5.75 Å². The Bertz CT molecular complexity index is 1000. The highest BCUT2D eigenvalue weighted by atomic mass is 16.5. The molecule has 174 valence electrons. The van der Waals surface area contributed by atoms with Crippen LogP contribution < -0.4 is 15.0 Å². The lowest BCUT2D eigenvalue weighted by Gasteiger charge is -2.26. The van der Waals surface area contributed by atoms with Gasteiger partial charge in [-0.05, 0) is 42.3 Å². The molecule has 1 atom stereocenters. The predicted octanol–water partition coefficient (Wildman–Crippen LogP) is 1.90. The number of nitrogens with one attached hydrogen (secondary N) is 1. The maximum absolute atomic E-state index is 12.6. The zero-order chi connectivity index (χ0) is 23.2. The lowest BCUT2D eigenvalue weighted by Crippen LogP contribution is -2.42. The largest absolute Gasteiger partial charge is 0.484 e. The van der Waals surface area contributed by atoms with Crippen molar-refractivity contribution in [2.45, 2.75) is 19.9 Å². The quantitative estimate of drug-likeness (QED) is 0.695. The molecule has 3 amide bonds. The van der Waals surface area contributed by atoms with Crippen molar-refractivity contribution in [2.75, 3.05) is 44.4 Å². The molecule has 2 saturated heterocycles. The lowest BCUT2D eigenvalue weighted by atomic mass is 10.1. The Morgan fingerprint density at radius 3 is 2.55 bits per heavy atom. The summed E-state index contributed by atoms with van der Waals surface area (Å²) in [6, 6.07) is 14.9. The Morgan fingerprint density at radius 1 is 1.09 bits per heavy atom. The normalized spacial score (nSPS) is 18.3. The van der Waals surface area contributed by atoms with Gasteiger partial charge in [0.05, 0.1) is 19.1 Å². The van der Waals surface area contributed by atoms with Crippen molar-refractivity contribution < 1.29 is 23.9 Å². The third-order valence-electron chi connectivity index (χ3n) is 6.08. The van der Waals surface area contributed by atoms with Crippen LogP contribution in [-0.2, 0) is 25.7 Å². The second-order valence-corrected chi connectivity index (χ2v) is 8.33. The molecule has 33 heavy (non-hydrogen) atoms. The molecule has 2 aliphatic rings. The Balaban J connectivity index is 1.28. The van der Waals surface area contributed by atoms with E-state index in [0.29, 0.717) is 50.8 Å². The smallest absolute Gasteiger partial charge is 0.260 e. The van der Waals surface area contributed by atoms with Crippen LogP contribution >= 0.6 is 0 Å². The molecule has 2 aromatic rings. The molecule has 2 aromatic carbocycles. The van der Waals surface area contributed by atoms with E-state index in [-0.39, 0.29) is 36.7 Å². The third-order valence-corrected chi connectivity index (χ3v) is 6.08. The summed E-state index contributed by atoms with van der Waals surface area (Å²) in [7, 11) is 0. The Morgan fingerprint density at radius 2 is 1.82 bits per heavy atom. The van der Waals surface area contributed by atoms with Gasteiger partial charge in [-0.1, -0.05) is 24.3 Å². The first kappa shape index (κ1) is 22.8. The van der Waals surface area contributed by atoms with E-state index in [1.54, 1.807) is 34.1 Å². The molecule has 2 heterocycles. The summed E-state index contributed by atoms with van der Waals surface area (Å²) >= 11 is 0. The molecule has 4 rings (SSSR count). The minimum Gasteiger partial charge on any atom is -0.484 e. The molecule has 0 radical (unpaired) electrons. The number of hydrogen-bond acceptors (Lipinski definition) is 5. The molecule has 2 aliphatic heterocycles. The number of aryl methyl sites for hydroxylation is 1. The van der Waals surface area contributed by atoms with Crippen molar-refractivity contribution in [3.05, 3.63) is 59.7 Å². The van der Waals surface area contributed by atoms with E-state index in [2.05, 4.69) is 5.32 Å². The number of benzene rings is 2. The molecule has 1 N–H and O–H groups in total. The molecule has 0 saturated carbocycles. The van der Waals surface area contributed by atoms with E-state index in [1.807, 2.05) is 31.2 Å². The molecule has 0 bridgehead atoms. The third kappa shape index (κ3) is 5.70. The molecule has 2 fully saturated rings. The van der Waals surface area contributed by atoms with E-state index >= 15 is 0 Å². The van der Waals surface area contributed by atoms with Gasteiger partial charge in [0.1, 0.15) is 5.75 Å². The number of hydrogen-bond donors (Lipinski definition) is 1. The van der Waals surface area contributed by atoms with Gasteiger partial charge in [0.2, 0.25) is 11.8 Å². The number of anilines is 1. The summed E-state index contributed by atoms with van der Waals surface area (Å²) in [5.41, 5.74) is 2.90. The number of ether oxygens (including phenoxy) is 2. The molecule has 0 aliphatic carbocycles. The van der Waals surface area contributed by atoms with Crippen molar-refractivity contribution >= 4 is 23.4 Å². The van der Waals surface area contributed by atoms with Gasteiger partial charge in [0.25, 0.3) is 5.91 Å². The predicted molar refractivity (Wildman–Crippen MR) is 123 cm³/mol. The van der Waals surface area contributed by atoms with E-state index in [9.17, 15) is 14.4 Å². The second-order valence-electron chi connectivity index (χ2n) is 8.33. The van der Waals surface area contributed by atoms with Crippen LogP contribution in [-0.4, -0.2) is 62.1 Å². The number of carbonyl (C=O) groups is 3. The Kier molecular flexibility index (Phi) is 7.24. The summed E-state index contributed by atoms with van der Waals surface area (Å²) in [6.45, 7) is 5.03. The van der Waals surface area contributed by atoms with Crippen molar-refractivity contribution in [2.24, 2.45) is 5.92 Å². The summed E-state index contributed by atoms with van der Waals surface area (Å²) in [5, 5.41) is 2.96. The monoisotopic (exact) mass is 451 g/mol. The van der Waals surface area contributed by atoms with Crippen LogP contribution in [0.25, 0.3) is 0 Å². The number of amides is 3. The van der Waals surface area contributed by atoms with Crippen LogP contribution in [0, 0.1) is 12.8 Å². The maximum Gasteiger partial charge on any atom is 0.260 e. The average Bonchev–Trinajstić information content (AvgIpc) is 3.24. The standard InChI is InChI=1S/C25H29N3O5/c1-18-4-2-3-5-19(18)15-26-25(31)20-14-23(29)28(16-20)21-6-8-22(9-7-21)33-17-24(30)27-10-12-32-13-11-27/h2-9,20H,10-17H2,1H3,(H,26,31)/t20-/m0/s1. The highest BCUT2D eigenvalue weighted by Crippen LogP contribution is 2.27. The van der Waals surface area contributed by atoms with Crippen molar-refractivity contribution in [1.82, 2.24) is 10.2 Å². The van der Waals surface area contributed by atoms with Gasteiger partial charge in [-0.25, -0.2) is 0 Å². The van der Waals surface area contributed by atoms with Crippen molar-refractivity contribution in [1.29, 1.82) is 0 Å². The highest BCUT2D eigenvalue weighted by Gasteiger charge is 2.35. The molecule has 0 aromatic heterocycles. The SMILES string of the molecule is Cc1ccccc1CNC(=O)[C@H]1CC(=O)N(c2ccc(OCC(=O)N3CCOCC3)cc2)C1. The summed E-state index contributed by atoms with van der Waals surface area (Å²) < 4.78 is 10.9. The minimum absolute atomic E-state index is 0.0366. The van der Waals surface area contributed by atoms with Crippen LogP contribution in [0.1, 0.15) is 17.5 Å². The topological polar surface area (TPSA) is 88.2 Å². The molecular weight excluding hydrogens is 422 g/mol. The Hall–Kier alpha value is -3.39. The molecule has 8 nitrogen and oxygen atoms in total. The van der Waals surface area contributed by atoms with Crippen LogP contribution in [0.5, 0.6) is 5.75 Å². The zero-order valence-electron chi connectivity index (χ0n) is 18.8. The number of nitrogens with zero attached hydrogens (tertiary/aromatic N) is 2. The van der Waals surface area contributed by atoms with E-state index in [1.165, 1.54) is 0 Å². The van der Waals surface area contributed by atoms with Crippen LogP contribution in [0.15, 0.2) is 48.5 Å². The molecule has 0 spiro atoms. The molecule has 8 heteroatoms. The van der Waals surface area contributed by atoms with E-state index in [4.69, 9.17) is 9.47 Å². The molecular formula is C25H29N3O5. The van der Waals surface area contributed by atoms with Gasteiger partial charge in [0, 0.05) is 38.3 Å². The van der Waals surface area contributed by atoms with Crippen molar-refractivity contribution in [3.63, 3.8) is 0 Å².